The second kappa shape index (κ2) is 8.64. The lowest BCUT2D eigenvalue weighted by Gasteiger charge is -2.12. The summed E-state index contributed by atoms with van der Waals surface area (Å²) in [6.45, 7) is 6.04. The number of aryl methyl sites for hydroxylation is 1. The van der Waals surface area contributed by atoms with Crippen LogP contribution in [0.15, 0.2) is 66.7 Å². The molecule has 1 aliphatic carbocycles. The van der Waals surface area contributed by atoms with E-state index in [4.69, 9.17) is 21.1 Å². The zero-order chi connectivity index (χ0) is 22.9. The number of hydrogen-bond acceptors (Lipinski definition) is 5. The van der Waals surface area contributed by atoms with Crippen LogP contribution in [0.2, 0.25) is 5.02 Å². The first-order chi connectivity index (χ1) is 15.3. The number of pyridine rings is 1. The molecule has 6 heteroatoms. The van der Waals surface area contributed by atoms with Gasteiger partial charge in [-0.05, 0) is 48.2 Å². The molecule has 1 aromatic heterocycles. The Kier molecular flexibility index (Phi) is 5.90. The van der Waals surface area contributed by atoms with Crippen LogP contribution in [0.3, 0.4) is 0 Å². The molecule has 32 heavy (non-hydrogen) atoms. The average Bonchev–Trinajstić information content (AvgIpc) is 3.36. The van der Waals surface area contributed by atoms with Crippen molar-refractivity contribution in [2.75, 3.05) is 0 Å². The van der Waals surface area contributed by atoms with Gasteiger partial charge < -0.3 is 9.47 Å². The Morgan fingerprint density at radius 1 is 1.09 bits per heavy atom. The Morgan fingerprint density at radius 3 is 2.44 bits per heavy atom. The number of ether oxygens (including phenoxy) is 2. The lowest BCUT2D eigenvalue weighted by atomic mass is 10.0. The lowest BCUT2D eigenvalue weighted by molar-refractivity contribution is -0.149. The third kappa shape index (κ3) is 4.46. The molecule has 3 aromatic rings. The monoisotopic (exact) mass is 446 g/mol. The zero-order valence-corrected chi connectivity index (χ0v) is 18.8. The topological polar surface area (TPSA) is 72.2 Å². The van der Waals surface area contributed by atoms with E-state index in [1.54, 1.807) is 18.2 Å². The van der Waals surface area contributed by atoms with Crippen LogP contribution in [0.4, 0.5) is 0 Å². The minimum atomic E-state index is -1.12. The average molecular weight is 447 g/mol. The number of hydrogen-bond donors (Lipinski definition) is 0. The van der Waals surface area contributed by atoms with E-state index in [2.05, 4.69) is 4.98 Å². The zero-order valence-electron chi connectivity index (χ0n) is 18.1. The quantitative estimate of drug-likeness (QED) is 0.410. The summed E-state index contributed by atoms with van der Waals surface area (Å²) in [5.74, 6) is 0.222. The summed E-state index contributed by atoms with van der Waals surface area (Å²) in [6.07, 6.45) is -1.12. The summed E-state index contributed by atoms with van der Waals surface area (Å²) in [5.41, 5.74) is 2.21. The van der Waals surface area contributed by atoms with Crippen LogP contribution in [-0.4, -0.2) is 11.0 Å². The molecule has 0 aliphatic heterocycles. The predicted molar refractivity (Wildman–Crippen MR) is 121 cm³/mol. The number of nitriles is 1. The third-order valence-corrected chi connectivity index (χ3v) is 6.17. The molecule has 0 amide bonds. The molecule has 162 valence electrons. The number of nitrogens with zero attached hydrogens (tertiary/aromatic N) is 2. The van der Waals surface area contributed by atoms with Gasteiger partial charge in [0.25, 0.3) is 0 Å². The number of aromatic nitrogens is 1. The maximum atomic E-state index is 13.0. The molecule has 1 heterocycles. The predicted octanol–water partition coefficient (Wildman–Crippen LogP) is 6.38. The summed E-state index contributed by atoms with van der Waals surface area (Å²) in [4.78, 5) is 17.3. The Labute approximate surface area is 192 Å². The highest BCUT2D eigenvalue weighted by atomic mass is 35.5. The fraction of sp³-hybridized carbons (Fsp3) is 0.269. The summed E-state index contributed by atoms with van der Waals surface area (Å²) < 4.78 is 11.4. The van der Waals surface area contributed by atoms with Crippen LogP contribution in [0.25, 0.3) is 0 Å². The molecule has 0 bridgehead atoms. The molecular formula is C26H23ClN2O3. The van der Waals surface area contributed by atoms with Crippen molar-refractivity contribution in [3.8, 4) is 17.7 Å². The van der Waals surface area contributed by atoms with Gasteiger partial charge in [0.2, 0.25) is 12.0 Å². The van der Waals surface area contributed by atoms with Crippen molar-refractivity contribution in [2.24, 2.45) is 11.3 Å². The van der Waals surface area contributed by atoms with E-state index in [9.17, 15) is 10.1 Å². The van der Waals surface area contributed by atoms with Crippen molar-refractivity contribution in [2.45, 2.75) is 32.8 Å². The van der Waals surface area contributed by atoms with Gasteiger partial charge in [0.05, 0.1) is 11.6 Å². The van der Waals surface area contributed by atoms with Gasteiger partial charge in [-0.15, -0.1) is 0 Å². The first-order valence-electron chi connectivity index (χ1n) is 10.4. The van der Waals surface area contributed by atoms with Gasteiger partial charge in [0.15, 0.2) is 0 Å². The van der Waals surface area contributed by atoms with Crippen molar-refractivity contribution in [1.82, 2.24) is 4.98 Å². The highest BCUT2D eigenvalue weighted by molar-refractivity contribution is 6.30. The Bertz CT molecular complexity index is 1170. The Hall–Kier alpha value is -3.36. The standard InChI is InChI=1S/C26H23ClN2O3/c1-16-7-13-19(14-8-16)31-22-6-4-5-20(29-22)21(15-28)32-25(30)24-23(26(24,2)3)17-9-11-18(27)12-10-17/h4-14,21,23-24H,1-3H3/t21?,23-,24+/m0/s1. The van der Waals surface area contributed by atoms with Crippen LogP contribution < -0.4 is 4.74 Å². The first kappa shape index (κ1) is 21.9. The molecule has 4 rings (SSSR count). The smallest absolute Gasteiger partial charge is 0.311 e. The van der Waals surface area contributed by atoms with E-state index in [1.165, 1.54) is 0 Å². The van der Waals surface area contributed by atoms with Crippen LogP contribution in [0.5, 0.6) is 11.6 Å². The van der Waals surface area contributed by atoms with Gasteiger partial charge in [-0.2, -0.15) is 5.26 Å². The van der Waals surface area contributed by atoms with Crippen molar-refractivity contribution in [3.63, 3.8) is 0 Å². The molecule has 1 aliphatic rings. The number of carbonyl (C=O) groups is 1. The van der Waals surface area contributed by atoms with E-state index in [-0.39, 0.29) is 17.3 Å². The normalized spacial score (nSPS) is 19.5. The molecule has 1 fully saturated rings. The van der Waals surface area contributed by atoms with Crippen molar-refractivity contribution in [3.05, 3.63) is 88.6 Å². The van der Waals surface area contributed by atoms with Crippen molar-refractivity contribution >= 4 is 17.6 Å². The van der Waals surface area contributed by atoms with Crippen molar-refractivity contribution in [1.29, 1.82) is 5.26 Å². The SMILES string of the molecule is Cc1ccc(Oc2cccc(C(C#N)OC(=O)[C@H]3[C@H](c4ccc(Cl)cc4)C3(C)C)n2)cc1. The van der Waals surface area contributed by atoms with Crippen LogP contribution in [-0.2, 0) is 9.53 Å². The molecule has 0 radical (unpaired) electrons. The van der Waals surface area contributed by atoms with E-state index < -0.39 is 12.1 Å². The highest BCUT2D eigenvalue weighted by Gasteiger charge is 2.63. The minimum absolute atomic E-state index is 0.00998. The molecule has 0 N–H and O–H groups in total. The third-order valence-electron chi connectivity index (χ3n) is 5.92. The Balaban J connectivity index is 1.47. The fourth-order valence-corrected chi connectivity index (χ4v) is 4.20. The number of carbonyl (C=O) groups excluding carboxylic acids is 1. The van der Waals surface area contributed by atoms with Crippen molar-refractivity contribution < 1.29 is 14.3 Å². The highest BCUT2D eigenvalue weighted by Crippen LogP contribution is 2.65. The summed E-state index contributed by atoms with van der Waals surface area (Å²) >= 11 is 5.99. The molecule has 2 aromatic carbocycles. The van der Waals surface area contributed by atoms with E-state index >= 15 is 0 Å². The largest absolute Gasteiger partial charge is 0.440 e. The van der Waals surface area contributed by atoms with Crippen LogP contribution in [0.1, 0.15) is 42.7 Å². The Morgan fingerprint density at radius 2 is 1.78 bits per heavy atom. The van der Waals surface area contributed by atoms with Gasteiger partial charge in [0.1, 0.15) is 11.8 Å². The fourth-order valence-electron chi connectivity index (χ4n) is 4.07. The van der Waals surface area contributed by atoms with Gasteiger partial charge in [0, 0.05) is 17.0 Å². The number of rotatable bonds is 6. The van der Waals surface area contributed by atoms with Gasteiger partial charge in [-0.1, -0.05) is 61.3 Å². The number of benzene rings is 2. The van der Waals surface area contributed by atoms with Gasteiger partial charge in [-0.3, -0.25) is 4.79 Å². The second-order valence-corrected chi connectivity index (χ2v) is 9.03. The molecule has 0 saturated heterocycles. The summed E-state index contributed by atoms with van der Waals surface area (Å²) in [7, 11) is 0. The maximum Gasteiger partial charge on any atom is 0.311 e. The maximum absolute atomic E-state index is 13.0. The number of esters is 1. The molecule has 3 atom stereocenters. The molecule has 1 unspecified atom stereocenters. The second-order valence-electron chi connectivity index (χ2n) is 8.59. The van der Waals surface area contributed by atoms with Gasteiger partial charge in [-0.25, -0.2) is 4.98 Å². The van der Waals surface area contributed by atoms with E-state index in [0.29, 0.717) is 22.3 Å². The van der Waals surface area contributed by atoms with Gasteiger partial charge >= 0.3 is 5.97 Å². The minimum Gasteiger partial charge on any atom is -0.440 e. The van der Waals surface area contributed by atoms with Crippen LogP contribution >= 0.6 is 11.6 Å². The van der Waals surface area contributed by atoms with Crippen LogP contribution in [0, 0.1) is 29.6 Å². The number of halogens is 1. The first-order valence-corrected chi connectivity index (χ1v) is 10.7. The van der Waals surface area contributed by atoms with E-state index in [1.807, 2.05) is 75.4 Å². The molecular weight excluding hydrogens is 424 g/mol. The summed E-state index contributed by atoms with van der Waals surface area (Å²) in [5, 5.41) is 10.3. The molecule has 0 spiro atoms. The van der Waals surface area contributed by atoms with E-state index in [0.717, 1.165) is 11.1 Å². The molecule has 1 saturated carbocycles. The summed E-state index contributed by atoms with van der Waals surface area (Å²) in [6, 6.07) is 22.2. The molecule has 5 nitrogen and oxygen atoms in total. The lowest BCUT2D eigenvalue weighted by Crippen LogP contribution is -2.15.